The molecule has 0 radical (unpaired) electrons. The third-order valence-corrected chi connectivity index (χ3v) is 12.2. The first kappa shape index (κ1) is 32.9. The van der Waals surface area contributed by atoms with Gasteiger partial charge in [0.1, 0.15) is 10.0 Å². The lowest BCUT2D eigenvalue weighted by Gasteiger charge is -2.26. The Kier molecular flexibility index (Phi) is 8.56. The third kappa shape index (κ3) is 6.50. The van der Waals surface area contributed by atoms with E-state index in [9.17, 15) is 0 Å². The van der Waals surface area contributed by atoms with Gasteiger partial charge in [0.05, 0.1) is 20.4 Å². The molecule has 5 heteroatoms. The van der Waals surface area contributed by atoms with Gasteiger partial charge in [0.15, 0.2) is 0 Å². The van der Waals surface area contributed by atoms with Gasteiger partial charge < -0.3 is 4.90 Å². The van der Waals surface area contributed by atoms with Crippen molar-refractivity contribution in [2.75, 3.05) is 4.90 Å². The van der Waals surface area contributed by atoms with Crippen molar-refractivity contribution in [1.29, 1.82) is 0 Å². The maximum absolute atomic E-state index is 4.91. The van der Waals surface area contributed by atoms with Gasteiger partial charge in [-0.15, -0.1) is 22.7 Å². The van der Waals surface area contributed by atoms with Gasteiger partial charge >= 0.3 is 0 Å². The Morgan fingerprint density at radius 3 is 1.18 bits per heavy atom. The summed E-state index contributed by atoms with van der Waals surface area (Å²) >= 11 is 3.45. The average molecular weight is 740 g/mol. The summed E-state index contributed by atoms with van der Waals surface area (Å²) < 4.78 is 2.39. The molecule has 10 rings (SSSR count). The molecule has 0 unspecified atom stereocenters. The highest BCUT2D eigenvalue weighted by Gasteiger charge is 2.16. The fraction of sp³-hybridized carbons (Fsp3) is 0. The summed E-state index contributed by atoms with van der Waals surface area (Å²) in [6.45, 7) is 0. The number of thiazole rings is 2. The molecule has 0 atom stereocenters. The minimum absolute atomic E-state index is 1.02. The van der Waals surface area contributed by atoms with Crippen LogP contribution in [0.4, 0.5) is 17.1 Å². The highest BCUT2D eigenvalue weighted by atomic mass is 32.1. The van der Waals surface area contributed by atoms with Crippen molar-refractivity contribution in [2.45, 2.75) is 0 Å². The molecule has 0 bridgehead atoms. The van der Waals surface area contributed by atoms with Crippen molar-refractivity contribution in [3.63, 3.8) is 0 Å². The standard InChI is InChI=1S/C50H33N3S2/c1-3-11-35(12-4-1)43-32-25-39(33-44(43)36-13-5-2-6-14-36)34-19-26-40(27-20-34)53(41-28-21-37(22-29-41)49-51-45-15-7-9-17-47(45)54-49)42-30-23-38(24-31-42)50-52-46-16-8-10-18-48(46)55-50/h1-33H. The maximum Gasteiger partial charge on any atom is 0.124 e. The molecule has 10 aromatic rings. The summed E-state index contributed by atoms with van der Waals surface area (Å²) in [6.07, 6.45) is 0. The van der Waals surface area contributed by atoms with E-state index in [0.29, 0.717) is 0 Å². The van der Waals surface area contributed by atoms with Crippen LogP contribution in [-0.2, 0) is 0 Å². The van der Waals surface area contributed by atoms with Crippen LogP contribution in [0, 0.1) is 0 Å². The fourth-order valence-corrected chi connectivity index (χ4v) is 9.14. The highest BCUT2D eigenvalue weighted by Crippen LogP contribution is 2.41. The second-order valence-electron chi connectivity index (χ2n) is 13.4. The number of para-hydroxylation sites is 2. The summed E-state index contributed by atoms with van der Waals surface area (Å²) in [4.78, 5) is 12.2. The van der Waals surface area contributed by atoms with Crippen molar-refractivity contribution in [3.8, 4) is 54.5 Å². The van der Waals surface area contributed by atoms with Crippen LogP contribution in [0.2, 0.25) is 0 Å². The molecule has 3 nitrogen and oxygen atoms in total. The Hall–Kier alpha value is -6.66. The number of hydrogen-bond acceptors (Lipinski definition) is 5. The number of nitrogens with zero attached hydrogens (tertiary/aromatic N) is 3. The molecule has 2 heterocycles. The van der Waals surface area contributed by atoms with Crippen LogP contribution in [-0.4, -0.2) is 9.97 Å². The molecule has 0 aliphatic heterocycles. The molecule has 260 valence electrons. The molecule has 8 aromatic carbocycles. The Morgan fingerprint density at radius 1 is 0.309 bits per heavy atom. The largest absolute Gasteiger partial charge is 0.311 e. The van der Waals surface area contributed by atoms with Gasteiger partial charge in [0.25, 0.3) is 0 Å². The lowest BCUT2D eigenvalue weighted by molar-refractivity contribution is 1.28. The topological polar surface area (TPSA) is 29.0 Å². The van der Waals surface area contributed by atoms with Gasteiger partial charge in [-0.3, -0.25) is 0 Å². The lowest BCUT2D eigenvalue weighted by atomic mass is 9.91. The first-order valence-electron chi connectivity index (χ1n) is 18.3. The molecule has 2 aromatic heterocycles. The Bertz CT molecular complexity index is 2710. The van der Waals surface area contributed by atoms with E-state index in [2.05, 4.69) is 193 Å². The van der Waals surface area contributed by atoms with E-state index in [1.54, 1.807) is 22.7 Å². The van der Waals surface area contributed by atoms with Crippen molar-refractivity contribution >= 4 is 60.2 Å². The quantitative estimate of drug-likeness (QED) is 0.155. The van der Waals surface area contributed by atoms with Crippen LogP contribution in [0.25, 0.3) is 75.0 Å². The van der Waals surface area contributed by atoms with Crippen LogP contribution >= 0.6 is 22.7 Å². The zero-order chi connectivity index (χ0) is 36.6. The van der Waals surface area contributed by atoms with Crippen molar-refractivity contribution < 1.29 is 0 Å². The molecular formula is C50H33N3S2. The highest BCUT2D eigenvalue weighted by molar-refractivity contribution is 7.22. The normalized spacial score (nSPS) is 11.3. The zero-order valence-corrected chi connectivity index (χ0v) is 31.3. The first-order valence-corrected chi connectivity index (χ1v) is 19.9. The SMILES string of the molecule is c1ccc(-c2ccc(-c3ccc(N(c4ccc(-c5nc6ccccc6s5)cc4)c4ccc(-c5nc6ccccc6s5)cc4)cc3)cc2-c2ccccc2)cc1. The molecule has 0 aliphatic rings. The third-order valence-electron chi connectivity index (χ3n) is 9.98. The van der Waals surface area contributed by atoms with E-state index >= 15 is 0 Å². The van der Waals surface area contributed by atoms with Crippen LogP contribution < -0.4 is 4.90 Å². The van der Waals surface area contributed by atoms with Gasteiger partial charge in [0.2, 0.25) is 0 Å². The molecule has 0 N–H and O–H groups in total. The minimum atomic E-state index is 1.02. The lowest BCUT2D eigenvalue weighted by Crippen LogP contribution is -2.09. The summed E-state index contributed by atoms with van der Waals surface area (Å²) in [5.74, 6) is 0. The number of aromatic nitrogens is 2. The first-order chi connectivity index (χ1) is 27.2. The molecule has 0 amide bonds. The molecular weight excluding hydrogens is 707 g/mol. The van der Waals surface area contributed by atoms with Crippen molar-refractivity contribution in [3.05, 3.63) is 200 Å². The van der Waals surface area contributed by atoms with E-state index in [1.165, 1.54) is 37.2 Å². The summed E-state index contributed by atoms with van der Waals surface area (Å²) in [5, 5.41) is 2.05. The van der Waals surface area contributed by atoms with Gasteiger partial charge in [-0.05, 0) is 124 Å². The number of rotatable bonds is 8. The molecule has 55 heavy (non-hydrogen) atoms. The number of anilines is 3. The Balaban J connectivity index is 1.02. The van der Waals surface area contributed by atoms with Crippen LogP contribution in [0.15, 0.2) is 200 Å². The van der Waals surface area contributed by atoms with Crippen molar-refractivity contribution in [2.24, 2.45) is 0 Å². The smallest absolute Gasteiger partial charge is 0.124 e. The number of fused-ring (bicyclic) bond motifs is 2. The molecule has 0 fully saturated rings. The van der Waals surface area contributed by atoms with Crippen molar-refractivity contribution in [1.82, 2.24) is 9.97 Å². The van der Waals surface area contributed by atoms with Gasteiger partial charge in [0, 0.05) is 28.2 Å². The van der Waals surface area contributed by atoms with E-state index < -0.39 is 0 Å². The molecule has 0 saturated heterocycles. The van der Waals surface area contributed by atoms with Gasteiger partial charge in [-0.2, -0.15) is 0 Å². The van der Waals surface area contributed by atoms with Gasteiger partial charge in [-0.1, -0.05) is 109 Å². The predicted octanol–water partition coefficient (Wildman–Crippen LogP) is 14.7. The van der Waals surface area contributed by atoms with Crippen LogP contribution in [0.5, 0.6) is 0 Å². The average Bonchev–Trinajstić information content (AvgIpc) is 3.90. The van der Waals surface area contributed by atoms with E-state index in [0.717, 1.165) is 54.8 Å². The van der Waals surface area contributed by atoms with E-state index in [4.69, 9.17) is 9.97 Å². The monoisotopic (exact) mass is 739 g/mol. The molecule has 0 aliphatic carbocycles. The zero-order valence-electron chi connectivity index (χ0n) is 29.7. The summed E-state index contributed by atoms with van der Waals surface area (Å²) in [7, 11) is 0. The van der Waals surface area contributed by atoms with Gasteiger partial charge in [-0.25, -0.2) is 9.97 Å². The Morgan fingerprint density at radius 2 is 0.709 bits per heavy atom. The maximum atomic E-state index is 4.91. The Labute approximate surface area is 328 Å². The summed E-state index contributed by atoms with van der Waals surface area (Å²) in [6, 6.07) is 71.2. The fourth-order valence-electron chi connectivity index (χ4n) is 7.20. The second-order valence-corrected chi connectivity index (χ2v) is 15.5. The number of benzene rings is 8. The van der Waals surface area contributed by atoms with Crippen LogP contribution in [0.1, 0.15) is 0 Å². The summed E-state index contributed by atoms with van der Waals surface area (Å²) in [5.41, 5.74) is 14.7. The predicted molar refractivity (Wildman–Crippen MR) is 235 cm³/mol. The second kappa shape index (κ2) is 14.3. The molecule has 0 saturated carbocycles. The number of hydrogen-bond donors (Lipinski definition) is 0. The van der Waals surface area contributed by atoms with E-state index in [-0.39, 0.29) is 0 Å². The minimum Gasteiger partial charge on any atom is -0.311 e. The molecule has 0 spiro atoms. The van der Waals surface area contributed by atoms with E-state index in [1.807, 2.05) is 12.1 Å². The van der Waals surface area contributed by atoms with Crippen LogP contribution in [0.3, 0.4) is 0 Å².